The van der Waals surface area contributed by atoms with Gasteiger partial charge in [-0.2, -0.15) is 11.8 Å². The van der Waals surface area contributed by atoms with E-state index < -0.39 is 12.0 Å². The highest BCUT2D eigenvalue weighted by Crippen LogP contribution is 2.14. The zero-order valence-corrected chi connectivity index (χ0v) is 10.9. The van der Waals surface area contributed by atoms with E-state index in [2.05, 4.69) is 4.99 Å². The van der Waals surface area contributed by atoms with Crippen LogP contribution in [0.3, 0.4) is 0 Å². The Morgan fingerprint density at radius 2 is 2.12 bits per heavy atom. The van der Waals surface area contributed by atoms with Crippen LogP contribution in [0, 0.1) is 0 Å². The maximum atomic E-state index is 11.0. The molecule has 0 radical (unpaired) electrons. The van der Waals surface area contributed by atoms with E-state index in [-0.39, 0.29) is 0 Å². The van der Waals surface area contributed by atoms with Gasteiger partial charge in [-0.05, 0) is 18.2 Å². The number of hydrogen-bond donors (Lipinski definition) is 1. The Bertz CT molecular complexity index is 378. The standard InChI is InChI=1S/C13H17NO2S/c1-10(17-2)8-12(13(15)16)14-9-11-6-4-3-5-7-11/h3-7,9-10,12H,8H2,1-2H3,(H,15,16). The van der Waals surface area contributed by atoms with Crippen LogP contribution in [0.2, 0.25) is 0 Å². The van der Waals surface area contributed by atoms with Crippen molar-refractivity contribution in [1.29, 1.82) is 0 Å². The van der Waals surface area contributed by atoms with Crippen molar-refractivity contribution in [3.05, 3.63) is 35.9 Å². The fourth-order valence-corrected chi connectivity index (χ4v) is 1.73. The summed E-state index contributed by atoms with van der Waals surface area (Å²) >= 11 is 1.65. The highest BCUT2D eigenvalue weighted by Gasteiger charge is 2.18. The minimum absolute atomic E-state index is 0.295. The fourth-order valence-electron chi connectivity index (χ4n) is 1.35. The molecule has 0 aliphatic heterocycles. The lowest BCUT2D eigenvalue weighted by Gasteiger charge is -2.11. The summed E-state index contributed by atoms with van der Waals surface area (Å²) in [4.78, 5) is 15.2. The summed E-state index contributed by atoms with van der Waals surface area (Å²) in [6, 6.07) is 8.88. The highest BCUT2D eigenvalue weighted by atomic mass is 32.2. The molecular weight excluding hydrogens is 234 g/mol. The lowest BCUT2D eigenvalue weighted by atomic mass is 10.1. The Labute approximate surface area is 106 Å². The van der Waals surface area contributed by atoms with Gasteiger partial charge in [-0.25, -0.2) is 4.79 Å². The van der Waals surface area contributed by atoms with Crippen molar-refractivity contribution in [3.8, 4) is 0 Å². The molecule has 0 saturated heterocycles. The van der Waals surface area contributed by atoms with Crippen LogP contribution in [0.4, 0.5) is 0 Å². The first kappa shape index (κ1) is 13.8. The van der Waals surface area contributed by atoms with E-state index in [4.69, 9.17) is 5.11 Å². The van der Waals surface area contributed by atoms with E-state index in [9.17, 15) is 4.79 Å². The lowest BCUT2D eigenvalue weighted by Crippen LogP contribution is -2.21. The quantitative estimate of drug-likeness (QED) is 0.791. The van der Waals surface area contributed by atoms with Gasteiger partial charge >= 0.3 is 5.97 Å². The second-order valence-corrected chi connectivity index (χ2v) is 5.10. The van der Waals surface area contributed by atoms with Gasteiger partial charge in [-0.1, -0.05) is 37.3 Å². The van der Waals surface area contributed by atoms with E-state index in [1.165, 1.54) is 0 Å². The summed E-state index contributed by atoms with van der Waals surface area (Å²) in [6.45, 7) is 2.01. The third kappa shape index (κ3) is 5.04. The van der Waals surface area contributed by atoms with Crippen molar-refractivity contribution in [1.82, 2.24) is 0 Å². The van der Waals surface area contributed by atoms with Crippen molar-refractivity contribution in [2.45, 2.75) is 24.6 Å². The van der Waals surface area contributed by atoms with Crippen LogP contribution in [0.1, 0.15) is 18.9 Å². The number of aliphatic carboxylic acids is 1. The van der Waals surface area contributed by atoms with Gasteiger partial charge in [0, 0.05) is 11.5 Å². The molecule has 4 heteroatoms. The molecule has 0 amide bonds. The third-order valence-corrected chi connectivity index (χ3v) is 3.44. The Balaban J connectivity index is 2.67. The van der Waals surface area contributed by atoms with E-state index >= 15 is 0 Å². The van der Waals surface area contributed by atoms with Gasteiger partial charge in [-0.3, -0.25) is 4.99 Å². The molecule has 0 heterocycles. The molecule has 3 nitrogen and oxygen atoms in total. The van der Waals surface area contributed by atoms with E-state index in [1.54, 1.807) is 18.0 Å². The fraction of sp³-hybridized carbons (Fsp3) is 0.385. The average molecular weight is 251 g/mol. The Kier molecular flexibility index (Phi) is 5.77. The SMILES string of the molecule is CSC(C)CC(N=Cc1ccccc1)C(=O)O. The first-order valence-corrected chi connectivity index (χ1v) is 6.76. The molecule has 0 fully saturated rings. The van der Waals surface area contributed by atoms with Gasteiger partial charge < -0.3 is 5.11 Å². The van der Waals surface area contributed by atoms with Crippen molar-refractivity contribution < 1.29 is 9.90 Å². The smallest absolute Gasteiger partial charge is 0.328 e. The number of aliphatic imine (C=N–C) groups is 1. The zero-order chi connectivity index (χ0) is 12.7. The first-order chi connectivity index (χ1) is 8.13. The van der Waals surface area contributed by atoms with Crippen LogP contribution in [-0.2, 0) is 4.79 Å². The molecule has 1 N–H and O–H groups in total. The van der Waals surface area contributed by atoms with Gasteiger partial charge in [0.25, 0.3) is 0 Å². The van der Waals surface area contributed by atoms with Gasteiger partial charge in [0.2, 0.25) is 0 Å². The second-order valence-electron chi connectivity index (χ2n) is 3.82. The maximum Gasteiger partial charge on any atom is 0.328 e. The van der Waals surface area contributed by atoms with Gasteiger partial charge in [0.1, 0.15) is 6.04 Å². The minimum atomic E-state index is -0.863. The van der Waals surface area contributed by atoms with Gasteiger partial charge in [0.05, 0.1) is 0 Å². The molecule has 2 unspecified atom stereocenters. The van der Waals surface area contributed by atoms with Crippen LogP contribution in [0.15, 0.2) is 35.3 Å². The van der Waals surface area contributed by atoms with Crippen molar-refractivity contribution >= 4 is 23.9 Å². The zero-order valence-electron chi connectivity index (χ0n) is 10.0. The maximum absolute atomic E-state index is 11.0. The molecule has 0 aromatic heterocycles. The van der Waals surface area contributed by atoms with Crippen LogP contribution < -0.4 is 0 Å². The third-order valence-electron chi connectivity index (χ3n) is 2.45. The number of thioether (sulfide) groups is 1. The number of benzene rings is 1. The minimum Gasteiger partial charge on any atom is -0.480 e. The molecular formula is C13H17NO2S. The number of hydrogen-bond acceptors (Lipinski definition) is 3. The number of carboxylic acids is 1. The van der Waals surface area contributed by atoms with Crippen LogP contribution in [0.5, 0.6) is 0 Å². The summed E-state index contributed by atoms with van der Waals surface area (Å²) in [5.74, 6) is -0.863. The summed E-state index contributed by atoms with van der Waals surface area (Å²) in [7, 11) is 0. The van der Waals surface area contributed by atoms with E-state index in [0.717, 1.165) is 5.56 Å². The monoisotopic (exact) mass is 251 g/mol. The number of carbonyl (C=O) groups is 1. The van der Waals surface area contributed by atoms with Crippen LogP contribution >= 0.6 is 11.8 Å². The molecule has 1 aromatic rings. The number of carboxylic acid groups (broad SMARTS) is 1. The summed E-state index contributed by atoms with van der Waals surface area (Å²) in [5.41, 5.74) is 0.926. The highest BCUT2D eigenvalue weighted by molar-refractivity contribution is 7.99. The van der Waals surface area contributed by atoms with Crippen LogP contribution in [0.25, 0.3) is 0 Å². The largest absolute Gasteiger partial charge is 0.480 e. The first-order valence-electron chi connectivity index (χ1n) is 5.47. The Morgan fingerprint density at radius 3 is 2.65 bits per heavy atom. The van der Waals surface area contributed by atoms with E-state index in [1.807, 2.05) is 43.5 Å². The average Bonchev–Trinajstić information content (AvgIpc) is 2.35. The second kappa shape index (κ2) is 7.12. The molecule has 1 rings (SSSR count). The van der Waals surface area contributed by atoms with Crippen LogP contribution in [-0.4, -0.2) is 34.8 Å². The summed E-state index contributed by atoms with van der Waals surface area (Å²) in [5, 5.41) is 9.37. The lowest BCUT2D eigenvalue weighted by molar-refractivity contribution is -0.138. The molecule has 17 heavy (non-hydrogen) atoms. The predicted octanol–water partition coefficient (Wildman–Crippen LogP) is 2.70. The molecule has 0 saturated carbocycles. The Hall–Kier alpha value is -1.29. The number of rotatable bonds is 6. The topological polar surface area (TPSA) is 49.7 Å². The van der Waals surface area contributed by atoms with E-state index in [0.29, 0.717) is 11.7 Å². The molecule has 1 aromatic carbocycles. The van der Waals surface area contributed by atoms with Gasteiger partial charge in [-0.15, -0.1) is 0 Å². The van der Waals surface area contributed by atoms with Crippen molar-refractivity contribution in [2.24, 2.45) is 4.99 Å². The molecule has 0 bridgehead atoms. The summed E-state index contributed by atoms with van der Waals surface area (Å²) < 4.78 is 0. The molecule has 0 spiro atoms. The molecule has 2 atom stereocenters. The predicted molar refractivity (Wildman–Crippen MR) is 73.1 cm³/mol. The normalized spacial score (nSPS) is 14.7. The van der Waals surface area contributed by atoms with Crippen molar-refractivity contribution in [3.63, 3.8) is 0 Å². The summed E-state index contributed by atoms with van der Waals surface area (Å²) in [6.07, 6.45) is 4.16. The van der Waals surface area contributed by atoms with Crippen molar-refractivity contribution in [2.75, 3.05) is 6.26 Å². The molecule has 92 valence electrons. The molecule has 0 aliphatic carbocycles. The van der Waals surface area contributed by atoms with Gasteiger partial charge in [0.15, 0.2) is 0 Å². The Morgan fingerprint density at radius 1 is 1.47 bits per heavy atom. The number of nitrogens with zero attached hydrogens (tertiary/aromatic N) is 1. The molecule has 0 aliphatic rings.